The molecule has 0 saturated heterocycles. The van der Waals surface area contributed by atoms with Gasteiger partial charge in [0.15, 0.2) is 0 Å². The summed E-state index contributed by atoms with van der Waals surface area (Å²) in [7, 11) is 1.72. The van der Waals surface area contributed by atoms with Crippen LogP contribution < -0.4 is 10.1 Å². The van der Waals surface area contributed by atoms with Crippen LogP contribution in [0.15, 0.2) is 36.4 Å². The Balaban J connectivity index is 2.27. The fraction of sp³-hybridized carbons (Fsp3) is 0.500. The van der Waals surface area contributed by atoms with Crippen LogP contribution in [0.5, 0.6) is 5.75 Å². The second-order valence-electron chi connectivity index (χ2n) is 4.60. The number of benzene rings is 1. The summed E-state index contributed by atoms with van der Waals surface area (Å²) in [6.45, 7) is 9.30. The van der Waals surface area contributed by atoms with Crippen molar-refractivity contribution in [2.24, 2.45) is 0 Å². The van der Waals surface area contributed by atoms with Crippen molar-refractivity contribution in [3.05, 3.63) is 42.0 Å². The largest absolute Gasteiger partial charge is 0.489 e. The molecule has 0 radical (unpaired) electrons. The average molecular weight is 263 g/mol. The number of rotatable bonds is 10. The van der Waals surface area contributed by atoms with Crippen LogP contribution in [0.2, 0.25) is 0 Å². The van der Waals surface area contributed by atoms with Crippen LogP contribution in [0, 0.1) is 0 Å². The van der Waals surface area contributed by atoms with Gasteiger partial charge in [0.1, 0.15) is 12.4 Å². The Kier molecular flexibility index (Phi) is 7.94. The van der Waals surface area contributed by atoms with Gasteiger partial charge in [-0.3, -0.25) is 0 Å². The molecule has 1 aromatic rings. The third kappa shape index (κ3) is 6.99. The van der Waals surface area contributed by atoms with Gasteiger partial charge in [-0.05, 0) is 42.7 Å². The van der Waals surface area contributed by atoms with Gasteiger partial charge in [0.25, 0.3) is 0 Å². The van der Waals surface area contributed by atoms with Gasteiger partial charge in [0.05, 0.1) is 6.61 Å². The summed E-state index contributed by atoms with van der Waals surface area (Å²) in [5, 5.41) is 3.31. The van der Waals surface area contributed by atoms with E-state index in [4.69, 9.17) is 9.47 Å². The maximum absolute atomic E-state index is 5.69. The van der Waals surface area contributed by atoms with Crippen LogP contribution in [0.3, 0.4) is 0 Å². The van der Waals surface area contributed by atoms with Crippen LogP contribution in [-0.4, -0.2) is 33.4 Å². The predicted octanol–water partition coefficient (Wildman–Crippen LogP) is 2.81. The van der Waals surface area contributed by atoms with E-state index >= 15 is 0 Å². The fourth-order valence-electron chi connectivity index (χ4n) is 1.65. The highest BCUT2D eigenvalue weighted by atomic mass is 16.5. The van der Waals surface area contributed by atoms with Crippen molar-refractivity contribution in [2.45, 2.75) is 19.8 Å². The summed E-state index contributed by atoms with van der Waals surface area (Å²) < 4.78 is 10.7. The first kappa shape index (κ1) is 15.7. The highest BCUT2D eigenvalue weighted by Gasteiger charge is 1.98. The SMILES string of the molecule is C=C(CNCCC)COc1ccc(CCOC)cc1. The predicted molar refractivity (Wildman–Crippen MR) is 79.8 cm³/mol. The van der Waals surface area contributed by atoms with Crippen molar-refractivity contribution in [1.29, 1.82) is 0 Å². The van der Waals surface area contributed by atoms with E-state index in [2.05, 4.69) is 31.0 Å². The Labute approximate surface area is 116 Å². The molecule has 0 fully saturated rings. The molecule has 0 aliphatic carbocycles. The number of hydrogen-bond donors (Lipinski definition) is 1. The summed E-state index contributed by atoms with van der Waals surface area (Å²) in [6.07, 6.45) is 2.07. The highest BCUT2D eigenvalue weighted by Crippen LogP contribution is 2.13. The van der Waals surface area contributed by atoms with Gasteiger partial charge in [-0.1, -0.05) is 25.6 Å². The van der Waals surface area contributed by atoms with E-state index in [0.29, 0.717) is 6.61 Å². The van der Waals surface area contributed by atoms with E-state index in [-0.39, 0.29) is 0 Å². The van der Waals surface area contributed by atoms with Gasteiger partial charge in [0, 0.05) is 13.7 Å². The maximum atomic E-state index is 5.69. The molecule has 19 heavy (non-hydrogen) atoms. The zero-order valence-corrected chi connectivity index (χ0v) is 12.1. The summed E-state index contributed by atoms with van der Waals surface area (Å²) in [4.78, 5) is 0. The lowest BCUT2D eigenvalue weighted by Crippen LogP contribution is -2.20. The first-order chi connectivity index (χ1) is 9.26. The van der Waals surface area contributed by atoms with Gasteiger partial charge >= 0.3 is 0 Å². The summed E-state index contributed by atoms with van der Waals surface area (Å²) >= 11 is 0. The molecule has 106 valence electrons. The number of methoxy groups -OCH3 is 1. The summed E-state index contributed by atoms with van der Waals surface area (Å²) in [5.41, 5.74) is 2.33. The van der Waals surface area contributed by atoms with E-state index in [1.165, 1.54) is 5.56 Å². The Morgan fingerprint density at radius 2 is 2.00 bits per heavy atom. The van der Waals surface area contributed by atoms with E-state index in [0.717, 1.165) is 43.9 Å². The third-order valence-electron chi connectivity index (χ3n) is 2.76. The number of nitrogens with one attached hydrogen (secondary N) is 1. The highest BCUT2D eigenvalue weighted by molar-refractivity contribution is 5.27. The molecule has 0 saturated carbocycles. The Morgan fingerprint density at radius 1 is 1.26 bits per heavy atom. The van der Waals surface area contributed by atoms with Crippen molar-refractivity contribution >= 4 is 0 Å². The molecule has 0 amide bonds. The van der Waals surface area contributed by atoms with Gasteiger partial charge in [-0.15, -0.1) is 0 Å². The minimum Gasteiger partial charge on any atom is -0.489 e. The van der Waals surface area contributed by atoms with Gasteiger partial charge < -0.3 is 14.8 Å². The number of ether oxygens (including phenoxy) is 2. The Hall–Kier alpha value is -1.32. The van der Waals surface area contributed by atoms with Gasteiger partial charge in [-0.25, -0.2) is 0 Å². The Morgan fingerprint density at radius 3 is 2.63 bits per heavy atom. The monoisotopic (exact) mass is 263 g/mol. The molecule has 0 spiro atoms. The minimum absolute atomic E-state index is 0.564. The molecular weight excluding hydrogens is 238 g/mol. The standard InChI is InChI=1S/C16H25NO2/c1-4-10-17-12-14(2)13-19-16-7-5-15(6-8-16)9-11-18-3/h5-8,17H,2,4,9-13H2,1,3H3. The molecular formula is C16H25NO2. The third-order valence-corrected chi connectivity index (χ3v) is 2.76. The van der Waals surface area contributed by atoms with E-state index in [1.54, 1.807) is 7.11 Å². The molecule has 0 atom stereocenters. The van der Waals surface area contributed by atoms with E-state index < -0.39 is 0 Å². The first-order valence-corrected chi connectivity index (χ1v) is 6.84. The van der Waals surface area contributed by atoms with Crippen LogP contribution in [0.1, 0.15) is 18.9 Å². The summed E-state index contributed by atoms with van der Waals surface area (Å²) in [5.74, 6) is 0.887. The second kappa shape index (κ2) is 9.59. The quantitative estimate of drug-likeness (QED) is 0.520. The van der Waals surface area contributed by atoms with Crippen LogP contribution >= 0.6 is 0 Å². The summed E-state index contributed by atoms with van der Waals surface area (Å²) in [6, 6.07) is 8.15. The molecule has 0 heterocycles. The maximum Gasteiger partial charge on any atom is 0.119 e. The van der Waals surface area contributed by atoms with Crippen molar-refractivity contribution in [2.75, 3.05) is 33.4 Å². The van der Waals surface area contributed by atoms with Crippen LogP contribution in [0.4, 0.5) is 0 Å². The zero-order valence-electron chi connectivity index (χ0n) is 12.1. The van der Waals surface area contributed by atoms with Crippen molar-refractivity contribution in [3.8, 4) is 5.75 Å². The average Bonchev–Trinajstić information content (AvgIpc) is 2.44. The Bertz CT molecular complexity index is 360. The normalized spacial score (nSPS) is 10.4. The molecule has 3 heteroatoms. The van der Waals surface area contributed by atoms with Gasteiger partial charge in [0.2, 0.25) is 0 Å². The van der Waals surface area contributed by atoms with Crippen molar-refractivity contribution < 1.29 is 9.47 Å². The smallest absolute Gasteiger partial charge is 0.119 e. The molecule has 1 N–H and O–H groups in total. The van der Waals surface area contributed by atoms with E-state index in [9.17, 15) is 0 Å². The zero-order chi connectivity index (χ0) is 13.9. The number of hydrogen-bond acceptors (Lipinski definition) is 3. The molecule has 1 rings (SSSR count). The topological polar surface area (TPSA) is 30.5 Å². The van der Waals surface area contributed by atoms with E-state index in [1.807, 2.05) is 12.1 Å². The molecule has 0 unspecified atom stereocenters. The van der Waals surface area contributed by atoms with Crippen LogP contribution in [0.25, 0.3) is 0 Å². The lowest BCUT2D eigenvalue weighted by Gasteiger charge is -2.10. The molecule has 0 aliphatic rings. The molecule has 3 nitrogen and oxygen atoms in total. The lowest BCUT2D eigenvalue weighted by molar-refractivity contribution is 0.202. The molecule has 0 bridgehead atoms. The first-order valence-electron chi connectivity index (χ1n) is 6.84. The lowest BCUT2D eigenvalue weighted by atomic mass is 10.1. The second-order valence-corrected chi connectivity index (χ2v) is 4.60. The van der Waals surface area contributed by atoms with Crippen LogP contribution in [-0.2, 0) is 11.2 Å². The molecule has 1 aromatic carbocycles. The fourth-order valence-corrected chi connectivity index (χ4v) is 1.65. The van der Waals surface area contributed by atoms with Crippen molar-refractivity contribution in [3.63, 3.8) is 0 Å². The van der Waals surface area contributed by atoms with Gasteiger partial charge in [-0.2, -0.15) is 0 Å². The molecule has 0 aliphatic heterocycles. The van der Waals surface area contributed by atoms with Crippen molar-refractivity contribution in [1.82, 2.24) is 5.32 Å². The molecule has 0 aromatic heterocycles. The minimum atomic E-state index is 0.564.